The number of nitrogens with zero attached hydrogens (tertiary/aromatic N) is 4. The Morgan fingerprint density at radius 2 is 2.07 bits per heavy atom. The predicted molar refractivity (Wildman–Crippen MR) is 111 cm³/mol. The standard InChI is InChI=1S/C22H24FN5O/c1-28(19-11-14-5-2-6-17(25-14)22(19)23)21-8-7-16(26-27-21)15-12-18-13(10-20(15)29)4-3-9-24-18/h3-4,7-10,12,14,17,19,22,25,29H,2,5-6,11H2,1H3/t14?,17?,19-,22+/m0/s1. The van der Waals surface area contributed by atoms with Gasteiger partial charge in [0.1, 0.15) is 11.9 Å². The number of nitrogens with one attached hydrogen (secondary N) is 1. The monoisotopic (exact) mass is 393 g/mol. The maximum Gasteiger partial charge on any atom is 0.151 e. The molecule has 5 rings (SSSR count). The average Bonchev–Trinajstić information content (AvgIpc) is 2.76. The molecule has 2 bridgehead atoms. The average molecular weight is 393 g/mol. The van der Waals surface area contributed by atoms with Gasteiger partial charge in [0.05, 0.1) is 17.3 Å². The summed E-state index contributed by atoms with van der Waals surface area (Å²) in [5, 5.41) is 23.3. The molecule has 2 aromatic heterocycles. The first-order valence-corrected chi connectivity index (χ1v) is 10.1. The molecule has 4 heterocycles. The Bertz CT molecular complexity index is 1030. The van der Waals surface area contributed by atoms with Crippen LogP contribution in [0.3, 0.4) is 0 Å². The predicted octanol–water partition coefficient (Wildman–Crippen LogP) is 3.45. The third-order valence-corrected chi connectivity index (χ3v) is 6.30. The van der Waals surface area contributed by atoms with Gasteiger partial charge in [0.2, 0.25) is 0 Å². The maximum absolute atomic E-state index is 15.0. The highest BCUT2D eigenvalue weighted by Crippen LogP contribution is 2.34. The van der Waals surface area contributed by atoms with Gasteiger partial charge in [-0.3, -0.25) is 4.98 Å². The number of aromatic nitrogens is 3. The SMILES string of the molecule is CN(c1ccc(-c2cc3ncccc3cc2O)nn1)[C@H]1CC2CCCC(N2)[C@H]1F. The van der Waals surface area contributed by atoms with Crippen molar-refractivity contribution in [1.29, 1.82) is 0 Å². The molecule has 7 heteroatoms. The van der Waals surface area contributed by atoms with E-state index in [0.29, 0.717) is 23.1 Å². The highest BCUT2D eigenvalue weighted by Gasteiger charge is 2.41. The van der Waals surface area contributed by atoms with Crippen LogP contribution < -0.4 is 10.2 Å². The van der Waals surface area contributed by atoms with Crippen LogP contribution in [0, 0.1) is 0 Å². The van der Waals surface area contributed by atoms with Gasteiger partial charge in [-0.15, -0.1) is 10.2 Å². The third kappa shape index (κ3) is 3.29. The first kappa shape index (κ1) is 18.2. The van der Waals surface area contributed by atoms with E-state index in [4.69, 9.17) is 0 Å². The Hall–Kier alpha value is -2.80. The summed E-state index contributed by atoms with van der Waals surface area (Å²) in [7, 11) is 1.89. The molecule has 3 aromatic rings. The summed E-state index contributed by atoms with van der Waals surface area (Å²) in [5.41, 5.74) is 1.92. The number of pyridine rings is 1. The Morgan fingerprint density at radius 3 is 2.90 bits per heavy atom. The number of hydrogen-bond acceptors (Lipinski definition) is 6. The van der Waals surface area contributed by atoms with E-state index < -0.39 is 6.17 Å². The van der Waals surface area contributed by atoms with Gasteiger partial charge in [-0.2, -0.15) is 0 Å². The maximum atomic E-state index is 15.0. The fraction of sp³-hybridized carbons (Fsp3) is 0.409. The Kier molecular flexibility index (Phi) is 4.54. The lowest BCUT2D eigenvalue weighted by Gasteiger charge is -2.46. The number of phenols is 1. The van der Waals surface area contributed by atoms with Crippen LogP contribution in [0.15, 0.2) is 42.6 Å². The van der Waals surface area contributed by atoms with Crippen LogP contribution in [0.2, 0.25) is 0 Å². The van der Waals surface area contributed by atoms with Gasteiger partial charge >= 0.3 is 0 Å². The van der Waals surface area contributed by atoms with E-state index in [-0.39, 0.29) is 17.8 Å². The second-order valence-corrected chi connectivity index (χ2v) is 8.10. The van der Waals surface area contributed by atoms with E-state index in [1.54, 1.807) is 12.3 Å². The Labute approximate surface area is 168 Å². The first-order valence-electron chi connectivity index (χ1n) is 10.1. The number of fused-ring (bicyclic) bond motifs is 3. The molecule has 2 fully saturated rings. The smallest absolute Gasteiger partial charge is 0.151 e. The molecule has 2 N–H and O–H groups in total. The van der Waals surface area contributed by atoms with E-state index >= 15 is 4.39 Å². The van der Waals surface area contributed by atoms with Crippen molar-refractivity contribution in [2.24, 2.45) is 0 Å². The minimum Gasteiger partial charge on any atom is -0.507 e. The zero-order valence-corrected chi connectivity index (χ0v) is 16.3. The zero-order valence-electron chi connectivity index (χ0n) is 16.3. The molecule has 2 aliphatic heterocycles. The number of alkyl halides is 1. The molecule has 1 aromatic carbocycles. The summed E-state index contributed by atoms with van der Waals surface area (Å²) in [6, 6.07) is 11.0. The molecule has 150 valence electrons. The van der Waals surface area contributed by atoms with Crippen molar-refractivity contribution >= 4 is 16.7 Å². The summed E-state index contributed by atoms with van der Waals surface area (Å²) >= 11 is 0. The summed E-state index contributed by atoms with van der Waals surface area (Å²) in [6.45, 7) is 0. The topological polar surface area (TPSA) is 74.2 Å². The van der Waals surface area contributed by atoms with Crippen molar-refractivity contribution < 1.29 is 9.50 Å². The van der Waals surface area contributed by atoms with E-state index in [2.05, 4.69) is 20.5 Å². The van der Waals surface area contributed by atoms with Crippen molar-refractivity contribution in [3.63, 3.8) is 0 Å². The van der Waals surface area contributed by atoms with Crippen molar-refractivity contribution in [1.82, 2.24) is 20.5 Å². The van der Waals surface area contributed by atoms with Crippen LogP contribution in [-0.2, 0) is 0 Å². The Balaban J connectivity index is 1.41. The summed E-state index contributed by atoms with van der Waals surface area (Å²) in [5.74, 6) is 0.774. The number of rotatable bonds is 3. The molecule has 4 atom stereocenters. The number of benzene rings is 1. The summed E-state index contributed by atoms with van der Waals surface area (Å²) < 4.78 is 15.0. The van der Waals surface area contributed by atoms with Crippen molar-refractivity contribution in [2.75, 3.05) is 11.9 Å². The largest absolute Gasteiger partial charge is 0.507 e. The van der Waals surface area contributed by atoms with Gasteiger partial charge < -0.3 is 15.3 Å². The molecular weight excluding hydrogens is 369 g/mol. The van der Waals surface area contributed by atoms with Crippen molar-refractivity contribution in [2.45, 2.75) is 50.0 Å². The second kappa shape index (κ2) is 7.22. The van der Waals surface area contributed by atoms with Gasteiger partial charge in [0.25, 0.3) is 0 Å². The number of aromatic hydroxyl groups is 1. The van der Waals surface area contributed by atoms with E-state index in [1.165, 1.54) is 0 Å². The fourth-order valence-corrected chi connectivity index (χ4v) is 4.69. The molecule has 0 radical (unpaired) electrons. The molecule has 29 heavy (non-hydrogen) atoms. The molecule has 0 aliphatic carbocycles. The minimum atomic E-state index is -0.923. The van der Waals surface area contributed by atoms with Gasteiger partial charge in [-0.05, 0) is 49.6 Å². The third-order valence-electron chi connectivity index (χ3n) is 6.30. The normalized spacial score (nSPS) is 26.4. The lowest BCUT2D eigenvalue weighted by Crippen LogP contribution is -2.61. The molecule has 0 saturated carbocycles. The van der Waals surface area contributed by atoms with Gasteiger partial charge in [-0.25, -0.2) is 4.39 Å². The molecule has 0 amide bonds. The van der Waals surface area contributed by atoms with E-state index in [0.717, 1.165) is 36.6 Å². The van der Waals surface area contributed by atoms with Gasteiger partial charge in [0.15, 0.2) is 5.82 Å². The second-order valence-electron chi connectivity index (χ2n) is 8.10. The molecule has 2 saturated heterocycles. The molecule has 2 unspecified atom stereocenters. The van der Waals surface area contributed by atoms with Crippen LogP contribution in [0.5, 0.6) is 5.75 Å². The number of hydrogen-bond donors (Lipinski definition) is 2. The van der Waals surface area contributed by atoms with Crippen LogP contribution >= 0.6 is 0 Å². The minimum absolute atomic E-state index is 0.0655. The Morgan fingerprint density at radius 1 is 1.17 bits per heavy atom. The summed E-state index contributed by atoms with van der Waals surface area (Å²) in [4.78, 5) is 6.25. The molecule has 0 spiro atoms. The lowest BCUT2D eigenvalue weighted by atomic mass is 9.82. The quantitative estimate of drug-likeness (QED) is 0.710. The fourth-order valence-electron chi connectivity index (χ4n) is 4.69. The van der Waals surface area contributed by atoms with Crippen molar-refractivity contribution in [3.8, 4) is 17.0 Å². The van der Waals surface area contributed by atoms with Crippen molar-refractivity contribution in [3.05, 3.63) is 42.6 Å². The number of phenolic OH excluding ortho intramolecular Hbond substituents is 1. The highest BCUT2D eigenvalue weighted by molar-refractivity contribution is 5.87. The van der Waals surface area contributed by atoms with Crippen LogP contribution in [-0.4, -0.2) is 51.6 Å². The zero-order chi connectivity index (χ0) is 20.0. The molecule has 6 nitrogen and oxygen atoms in total. The summed E-state index contributed by atoms with van der Waals surface area (Å²) in [6.07, 6.45) is 4.66. The lowest BCUT2D eigenvalue weighted by molar-refractivity contribution is 0.107. The van der Waals surface area contributed by atoms with Crippen LogP contribution in [0.4, 0.5) is 10.2 Å². The van der Waals surface area contributed by atoms with Crippen LogP contribution in [0.25, 0.3) is 22.2 Å². The molecule has 2 aliphatic rings. The molecular formula is C22H24FN5O. The number of anilines is 1. The van der Waals surface area contributed by atoms with E-state index in [1.807, 2.05) is 42.3 Å². The van der Waals surface area contributed by atoms with Gasteiger partial charge in [0, 0.05) is 36.3 Å². The number of piperidine rings is 2. The van der Waals surface area contributed by atoms with Crippen LogP contribution in [0.1, 0.15) is 25.7 Å². The number of halogens is 1. The first-order chi connectivity index (χ1) is 14.1. The van der Waals surface area contributed by atoms with E-state index in [9.17, 15) is 5.11 Å². The van der Waals surface area contributed by atoms with Gasteiger partial charge in [-0.1, -0.05) is 12.5 Å². The highest BCUT2D eigenvalue weighted by atomic mass is 19.1.